The minimum absolute atomic E-state index is 0.0216. The smallest absolute Gasteiger partial charge is 0.256 e. The summed E-state index contributed by atoms with van der Waals surface area (Å²) in [7, 11) is 0. The third kappa shape index (κ3) is 2.95. The van der Waals surface area contributed by atoms with Gasteiger partial charge in [-0.3, -0.25) is 4.79 Å². The number of carbonyl (C=O) groups excluding carboxylic acids is 1. The van der Waals surface area contributed by atoms with Crippen LogP contribution in [0.4, 0.5) is 11.4 Å². The fourth-order valence-electron chi connectivity index (χ4n) is 2.48. The van der Waals surface area contributed by atoms with E-state index >= 15 is 0 Å². The van der Waals surface area contributed by atoms with Crippen LogP contribution in [0.15, 0.2) is 29.8 Å². The largest absolute Gasteiger partial charge is 0.399 e. The topological polar surface area (TPSA) is 72.3 Å². The average molecular weight is 273 g/mol. The van der Waals surface area contributed by atoms with Gasteiger partial charge in [-0.1, -0.05) is 32.4 Å². The highest BCUT2D eigenvalue weighted by Crippen LogP contribution is 2.30. The van der Waals surface area contributed by atoms with E-state index < -0.39 is 0 Å². The molecule has 0 saturated carbocycles. The van der Waals surface area contributed by atoms with E-state index in [0.29, 0.717) is 23.5 Å². The summed E-state index contributed by atoms with van der Waals surface area (Å²) in [5, 5.41) is 0. The molecular formula is C16H23N3O. The molecule has 4 N–H and O–H groups in total. The van der Waals surface area contributed by atoms with Gasteiger partial charge in [-0.15, -0.1) is 0 Å². The second-order valence-corrected chi connectivity index (χ2v) is 6.33. The van der Waals surface area contributed by atoms with Crippen molar-refractivity contribution in [2.45, 2.75) is 27.2 Å². The van der Waals surface area contributed by atoms with Crippen molar-refractivity contribution in [3.8, 4) is 0 Å². The molecule has 0 spiro atoms. The van der Waals surface area contributed by atoms with E-state index in [4.69, 9.17) is 11.5 Å². The molecule has 4 nitrogen and oxygen atoms in total. The van der Waals surface area contributed by atoms with E-state index in [-0.39, 0.29) is 11.3 Å². The molecule has 1 aliphatic heterocycles. The molecule has 1 aromatic carbocycles. The summed E-state index contributed by atoms with van der Waals surface area (Å²) in [6, 6.07) is 5.05. The molecule has 0 aromatic heterocycles. The number of nitrogens with two attached hydrogens (primary N) is 2. The van der Waals surface area contributed by atoms with Gasteiger partial charge in [0, 0.05) is 24.5 Å². The summed E-state index contributed by atoms with van der Waals surface area (Å²) in [5.41, 5.74) is 14.7. The summed E-state index contributed by atoms with van der Waals surface area (Å²) in [6.45, 7) is 8.00. The van der Waals surface area contributed by atoms with Crippen molar-refractivity contribution < 1.29 is 4.79 Å². The molecule has 1 aliphatic rings. The standard InChI is InChI=1S/C16H23N3O/c1-16(2,3)11-6-8-19(9-7-11)15(20)13-5-4-12(17)10-14(13)18/h4-6,10H,7-9,17-18H2,1-3H3. The Balaban J connectivity index is 2.14. The van der Waals surface area contributed by atoms with Crippen LogP contribution in [0.5, 0.6) is 0 Å². The number of nitrogen functional groups attached to an aromatic ring is 2. The van der Waals surface area contributed by atoms with Gasteiger partial charge in [-0.25, -0.2) is 0 Å². The molecule has 108 valence electrons. The molecule has 1 amide bonds. The van der Waals surface area contributed by atoms with Gasteiger partial charge in [0.2, 0.25) is 0 Å². The van der Waals surface area contributed by atoms with Crippen LogP contribution < -0.4 is 11.5 Å². The number of benzene rings is 1. The fourth-order valence-corrected chi connectivity index (χ4v) is 2.48. The quantitative estimate of drug-likeness (QED) is 0.610. The lowest BCUT2D eigenvalue weighted by Crippen LogP contribution is -2.36. The van der Waals surface area contributed by atoms with Crippen molar-refractivity contribution in [1.29, 1.82) is 0 Å². The van der Waals surface area contributed by atoms with Crippen LogP contribution in [0.25, 0.3) is 0 Å². The number of amides is 1. The van der Waals surface area contributed by atoms with Crippen molar-refractivity contribution in [2.24, 2.45) is 5.41 Å². The van der Waals surface area contributed by atoms with Gasteiger partial charge in [0.1, 0.15) is 0 Å². The summed E-state index contributed by atoms with van der Waals surface area (Å²) in [4.78, 5) is 14.3. The highest BCUT2D eigenvalue weighted by Gasteiger charge is 2.24. The highest BCUT2D eigenvalue weighted by molar-refractivity contribution is 5.99. The van der Waals surface area contributed by atoms with Gasteiger partial charge >= 0.3 is 0 Å². The van der Waals surface area contributed by atoms with Crippen LogP contribution in [0.3, 0.4) is 0 Å². The number of hydrogen-bond acceptors (Lipinski definition) is 3. The zero-order chi connectivity index (χ0) is 14.9. The van der Waals surface area contributed by atoms with Crippen molar-refractivity contribution in [3.05, 3.63) is 35.4 Å². The lowest BCUT2D eigenvalue weighted by Gasteiger charge is -2.32. The first kappa shape index (κ1) is 14.4. The molecule has 0 unspecified atom stereocenters. The Kier molecular flexibility index (Phi) is 3.75. The van der Waals surface area contributed by atoms with Gasteiger partial charge in [-0.2, -0.15) is 0 Å². The molecule has 0 radical (unpaired) electrons. The Hall–Kier alpha value is -1.97. The van der Waals surface area contributed by atoms with Crippen LogP contribution >= 0.6 is 0 Å². The number of anilines is 2. The first-order valence-corrected chi connectivity index (χ1v) is 6.93. The third-order valence-electron chi connectivity index (χ3n) is 3.77. The van der Waals surface area contributed by atoms with Crippen molar-refractivity contribution >= 4 is 17.3 Å². The molecular weight excluding hydrogens is 250 g/mol. The molecule has 1 aromatic rings. The van der Waals surface area contributed by atoms with Crippen molar-refractivity contribution in [1.82, 2.24) is 4.90 Å². The Morgan fingerprint density at radius 2 is 1.95 bits per heavy atom. The molecule has 0 fully saturated rings. The van der Waals surface area contributed by atoms with Gasteiger partial charge in [-0.05, 0) is 30.0 Å². The van der Waals surface area contributed by atoms with Gasteiger partial charge in [0.15, 0.2) is 0 Å². The van der Waals surface area contributed by atoms with Crippen LogP contribution in [0, 0.1) is 5.41 Å². The molecule has 1 heterocycles. The van der Waals surface area contributed by atoms with E-state index in [9.17, 15) is 4.79 Å². The fraction of sp³-hybridized carbons (Fsp3) is 0.438. The second-order valence-electron chi connectivity index (χ2n) is 6.33. The molecule has 0 atom stereocenters. The van der Waals surface area contributed by atoms with E-state index in [2.05, 4.69) is 26.8 Å². The first-order valence-electron chi connectivity index (χ1n) is 6.93. The minimum Gasteiger partial charge on any atom is -0.399 e. The number of hydrogen-bond donors (Lipinski definition) is 2. The van der Waals surface area contributed by atoms with Gasteiger partial charge in [0.05, 0.1) is 5.56 Å². The summed E-state index contributed by atoms with van der Waals surface area (Å²) >= 11 is 0. The zero-order valence-corrected chi connectivity index (χ0v) is 12.4. The Labute approximate surface area is 120 Å². The molecule has 0 saturated heterocycles. The van der Waals surface area contributed by atoms with E-state index in [1.165, 1.54) is 5.57 Å². The van der Waals surface area contributed by atoms with Gasteiger partial charge < -0.3 is 16.4 Å². The van der Waals surface area contributed by atoms with E-state index in [0.717, 1.165) is 13.0 Å². The molecule has 2 rings (SSSR count). The van der Waals surface area contributed by atoms with Crippen LogP contribution in [0.2, 0.25) is 0 Å². The van der Waals surface area contributed by atoms with E-state index in [1.807, 2.05) is 4.90 Å². The van der Waals surface area contributed by atoms with Crippen LogP contribution in [0.1, 0.15) is 37.6 Å². The van der Waals surface area contributed by atoms with Crippen molar-refractivity contribution in [2.75, 3.05) is 24.6 Å². The maximum absolute atomic E-state index is 12.5. The highest BCUT2D eigenvalue weighted by atomic mass is 16.2. The minimum atomic E-state index is -0.0216. The zero-order valence-electron chi connectivity index (χ0n) is 12.4. The lowest BCUT2D eigenvalue weighted by molar-refractivity contribution is 0.0766. The Morgan fingerprint density at radius 1 is 1.25 bits per heavy atom. The maximum Gasteiger partial charge on any atom is 0.256 e. The SMILES string of the molecule is CC(C)(C)C1=CCN(C(=O)c2ccc(N)cc2N)CC1. The molecule has 20 heavy (non-hydrogen) atoms. The number of carbonyl (C=O) groups is 1. The predicted molar refractivity (Wildman–Crippen MR) is 83.3 cm³/mol. The Bertz CT molecular complexity index is 555. The second kappa shape index (κ2) is 5.19. The monoisotopic (exact) mass is 273 g/mol. The third-order valence-corrected chi connectivity index (χ3v) is 3.77. The van der Waals surface area contributed by atoms with Crippen LogP contribution in [-0.2, 0) is 0 Å². The molecule has 4 heteroatoms. The van der Waals surface area contributed by atoms with E-state index in [1.54, 1.807) is 18.2 Å². The lowest BCUT2D eigenvalue weighted by atomic mass is 9.83. The summed E-state index contributed by atoms with van der Waals surface area (Å²) in [6.07, 6.45) is 3.08. The molecule has 0 aliphatic carbocycles. The average Bonchev–Trinajstić information content (AvgIpc) is 2.37. The van der Waals surface area contributed by atoms with Gasteiger partial charge in [0.25, 0.3) is 5.91 Å². The number of nitrogens with zero attached hydrogens (tertiary/aromatic N) is 1. The molecule has 0 bridgehead atoms. The maximum atomic E-state index is 12.5. The summed E-state index contributed by atoms with van der Waals surface area (Å²) < 4.78 is 0. The van der Waals surface area contributed by atoms with Crippen molar-refractivity contribution in [3.63, 3.8) is 0 Å². The first-order chi connectivity index (χ1) is 9.29. The predicted octanol–water partition coefficient (Wildman–Crippen LogP) is 2.67. The Morgan fingerprint density at radius 3 is 2.45 bits per heavy atom. The van der Waals surface area contributed by atoms with Crippen LogP contribution in [-0.4, -0.2) is 23.9 Å². The normalized spacial score (nSPS) is 15.9. The number of rotatable bonds is 1. The summed E-state index contributed by atoms with van der Waals surface area (Å²) in [5.74, 6) is -0.0216.